The fraction of sp³-hybridized carbons (Fsp3) is 0.667. The van der Waals surface area contributed by atoms with Crippen LogP contribution in [-0.4, -0.2) is 52.4 Å². The molecule has 1 aliphatic carbocycles. The van der Waals surface area contributed by atoms with Gasteiger partial charge in [0.25, 0.3) is 0 Å². The van der Waals surface area contributed by atoms with Crippen molar-refractivity contribution in [1.29, 1.82) is 5.41 Å². The number of aromatic nitrogens is 2. The number of nitrogens with two attached hydrogens (primary N) is 1. The van der Waals surface area contributed by atoms with Crippen molar-refractivity contribution in [2.75, 3.05) is 19.6 Å². The SMILES string of the molecule is CCC1CN(C(=N)CC(N)=Nc2cc(C3CC3)[nH]n2)CCN1. The molecule has 1 aromatic rings. The molecule has 1 aliphatic heterocycles. The molecule has 0 aromatic carbocycles. The second kappa shape index (κ2) is 6.48. The van der Waals surface area contributed by atoms with Gasteiger partial charge in [0, 0.05) is 43.4 Å². The summed E-state index contributed by atoms with van der Waals surface area (Å²) in [4.78, 5) is 6.42. The van der Waals surface area contributed by atoms with Gasteiger partial charge in [-0.3, -0.25) is 10.5 Å². The van der Waals surface area contributed by atoms with Crippen molar-refractivity contribution in [2.24, 2.45) is 10.7 Å². The zero-order valence-electron chi connectivity index (χ0n) is 13.1. The molecule has 22 heavy (non-hydrogen) atoms. The van der Waals surface area contributed by atoms with E-state index in [1.54, 1.807) is 0 Å². The Hall–Kier alpha value is -1.89. The number of H-pyrrole nitrogens is 1. The van der Waals surface area contributed by atoms with Crippen LogP contribution in [0.15, 0.2) is 11.1 Å². The normalized spacial score (nSPS) is 22.9. The van der Waals surface area contributed by atoms with E-state index >= 15 is 0 Å². The monoisotopic (exact) mass is 303 g/mol. The first kappa shape index (κ1) is 15.0. The van der Waals surface area contributed by atoms with Crippen LogP contribution in [0.3, 0.4) is 0 Å². The standard InChI is InChI=1S/C15H25N7/c1-2-11-9-22(6-5-18-11)14(17)8-13(16)19-15-7-12(20-21-15)10-3-4-10/h7,10-11,17-18H,2-6,8-9H2,1H3,(H3,16,19,20,21). The van der Waals surface area contributed by atoms with Gasteiger partial charge in [-0.1, -0.05) is 6.92 Å². The fourth-order valence-electron chi connectivity index (χ4n) is 2.80. The minimum Gasteiger partial charge on any atom is -0.387 e. The minimum absolute atomic E-state index is 0.377. The van der Waals surface area contributed by atoms with Gasteiger partial charge in [0.05, 0.1) is 6.42 Å². The van der Waals surface area contributed by atoms with Crippen molar-refractivity contribution < 1.29 is 0 Å². The lowest BCUT2D eigenvalue weighted by atomic mass is 10.1. The number of hydrogen-bond donors (Lipinski definition) is 4. The molecule has 2 heterocycles. The molecule has 0 spiro atoms. The number of aliphatic imine (C=N–C) groups is 1. The molecule has 1 aromatic heterocycles. The Morgan fingerprint density at radius 2 is 2.36 bits per heavy atom. The Bertz CT molecular complexity index is 558. The highest BCUT2D eigenvalue weighted by atomic mass is 15.2. The van der Waals surface area contributed by atoms with E-state index in [1.165, 1.54) is 12.8 Å². The van der Waals surface area contributed by atoms with E-state index in [2.05, 4.69) is 32.3 Å². The Labute approximate surface area is 130 Å². The average Bonchev–Trinajstić information content (AvgIpc) is 3.27. The van der Waals surface area contributed by atoms with Crippen molar-refractivity contribution in [1.82, 2.24) is 20.4 Å². The van der Waals surface area contributed by atoms with E-state index in [4.69, 9.17) is 11.1 Å². The van der Waals surface area contributed by atoms with E-state index < -0.39 is 0 Å². The molecular formula is C15H25N7. The first-order valence-electron chi connectivity index (χ1n) is 8.09. The Morgan fingerprint density at radius 3 is 3.09 bits per heavy atom. The van der Waals surface area contributed by atoms with Gasteiger partial charge in [0.1, 0.15) is 11.7 Å². The van der Waals surface area contributed by atoms with Crippen LogP contribution in [-0.2, 0) is 0 Å². The molecule has 2 aliphatic rings. The van der Waals surface area contributed by atoms with Crippen LogP contribution in [0, 0.1) is 5.41 Å². The van der Waals surface area contributed by atoms with Gasteiger partial charge >= 0.3 is 0 Å². The quantitative estimate of drug-likeness (QED) is 0.486. The van der Waals surface area contributed by atoms with E-state index in [9.17, 15) is 0 Å². The zero-order chi connectivity index (χ0) is 15.5. The highest BCUT2D eigenvalue weighted by Gasteiger charge is 2.25. The molecule has 120 valence electrons. The molecular weight excluding hydrogens is 278 g/mol. The summed E-state index contributed by atoms with van der Waals surface area (Å²) >= 11 is 0. The zero-order valence-corrected chi connectivity index (χ0v) is 13.1. The smallest absolute Gasteiger partial charge is 0.175 e. The van der Waals surface area contributed by atoms with Gasteiger partial charge in [-0.05, 0) is 19.3 Å². The van der Waals surface area contributed by atoms with Gasteiger partial charge in [-0.15, -0.1) is 0 Å². The first-order valence-corrected chi connectivity index (χ1v) is 8.09. The van der Waals surface area contributed by atoms with Gasteiger partial charge < -0.3 is 16.0 Å². The molecule has 3 rings (SSSR count). The van der Waals surface area contributed by atoms with Crippen molar-refractivity contribution >= 4 is 17.5 Å². The predicted octanol–water partition coefficient (Wildman–Crippen LogP) is 1.33. The average molecular weight is 303 g/mol. The third kappa shape index (κ3) is 3.65. The van der Waals surface area contributed by atoms with Crippen LogP contribution < -0.4 is 11.1 Å². The molecule has 0 amide bonds. The lowest BCUT2D eigenvalue weighted by molar-refractivity contribution is 0.283. The summed E-state index contributed by atoms with van der Waals surface area (Å²) in [6.45, 7) is 4.81. The highest BCUT2D eigenvalue weighted by Crippen LogP contribution is 2.39. The number of nitrogens with zero attached hydrogens (tertiary/aromatic N) is 3. The van der Waals surface area contributed by atoms with Crippen molar-refractivity contribution in [3.8, 4) is 0 Å². The van der Waals surface area contributed by atoms with Crippen molar-refractivity contribution in [3.63, 3.8) is 0 Å². The molecule has 1 saturated heterocycles. The summed E-state index contributed by atoms with van der Waals surface area (Å²) < 4.78 is 0. The lowest BCUT2D eigenvalue weighted by Crippen LogP contribution is -2.52. The summed E-state index contributed by atoms with van der Waals surface area (Å²) in [5, 5.41) is 18.9. The highest BCUT2D eigenvalue weighted by molar-refractivity contribution is 6.01. The maximum atomic E-state index is 8.24. The Kier molecular flexibility index (Phi) is 4.42. The number of hydrogen-bond acceptors (Lipinski definition) is 4. The molecule has 0 bridgehead atoms. The summed E-state index contributed by atoms with van der Waals surface area (Å²) in [6.07, 6.45) is 3.91. The number of amidine groups is 2. The van der Waals surface area contributed by atoms with Crippen molar-refractivity contribution in [2.45, 2.75) is 44.6 Å². The summed E-state index contributed by atoms with van der Waals surface area (Å²) in [6, 6.07) is 2.42. The van der Waals surface area contributed by atoms with E-state index in [0.29, 0.717) is 35.9 Å². The Morgan fingerprint density at radius 1 is 1.55 bits per heavy atom. The molecule has 7 nitrogen and oxygen atoms in total. The van der Waals surface area contributed by atoms with E-state index in [0.717, 1.165) is 31.7 Å². The third-order valence-electron chi connectivity index (χ3n) is 4.34. The lowest BCUT2D eigenvalue weighted by Gasteiger charge is -2.34. The maximum Gasteiger partial charge on any atom is 0.175 e. The molecule has 0 radical (unpaired) electrons. The van der Waals surface area contributed by atoms with Crippen LogP contribution >= 0.6 is 0 Å². The third-order valence-corrected chi connectivity index (χ3v) is 4.34. The minimum atomic E-state index is 0.377. The van der Waals surface area contributed by atoms with E-state index in [-0.39, 0.29) is 0 Å². The van der Waals surface area contributed by atoms with Crippen LogP contribution in [0.25, 0.3) is 0 Å². The number of piperazine rings is 1. The molecule has 1 unspecified atom stereocenters. The molecule has 7 heteroatoms. The van der Waals surface area contributed by atoms with Crippen LogP contribution in [0.2, 0.25) is 0 Å². The molecule has 2 fully saturated rings. The Balaban J connectivity index is 1.56. The van der Waals surface area contributed by atoms with Crippen molar-refractivity contribution in [3.05, 3.63) is 11.8 Å². The van der Waals surface area contributed by atoms with Crippen LogP contribution in [0.5, 0.6) is 0 Å². The molecule has 1 atom stereocenters. The van der Waals surface area contributed by atoms with Gasteiger partial charge in [-0.2, -0.15) is 5.10 Å². The summed E-state index contributed by atoms with van der Waals surface area (Å²) in [5.74, 6) is 2.24. The maximum absolute atomic E-state index is 8.24. The second-order valence-electron chi connectivity index (χ2n) is 6.19. The van der Waals surface area contributed by atoms with Crippen LogP contribution in [0.1, 0.15) is 44.2 Å². The predicted molar refractivity (Wildman–Crippen MR) is 87.8 cm³/mol. The first-order chi connectivity index (χ1) is 10.7. The summed E-state index contributed by atoms with van der Waals surface area (Å²) in [5.41, 5.74) is 7.14. The number of rotatable bonds is 5. The second-order valence-corrected chi connectivity index (χ2v) is 6.19. The number of nitrogens with one attached hydrogen (secondary N) is 3. The van der Waals surface area contributed by atoms with E-state index in [1.807, 2.05) is 6.07 Å². The van der Waals surface area contributed by atoms with Gasteiger partial charge in [0.15, 0.2) is 5.82 Å². The largest absolute Gasteiger partial charge is 0.387 e. The molecule has 5 N–H and O–H groups in total. The topological polar surface area (TPSA) is 106 Å². The molecule has 1 saturated carbocycles. The summed E-state index contributed by atoms with van der Waals surface area (Å²) in [7, 11) is 0. The number of aromatic amines is 1. The fourth-order valence-corrected chi connectivity index (χ4v) is 2.80. The van der Waals surface area contributed by atoms with Gasteiger partial charge in [0.2, 0.25) is 0 Å². The van der Waals surface area contributed by atoms with Crippen LogP contribution in [0.4, 0.5) is 5.82 Å². The van der Waals surface area contributed by atoms with Gasteiger partial charge in [-0.25, -0.2) is 4.99 Å².